The van der Waals surface area contributed by atoms with Crippen molar-refractivity contribution in [1.82, 2.24) is 0 Å². The van der Waals surface area contributed by atoms with E-state index in [2.05, 4.69) is 0 Å². The molecule has 2 rings (SSSR count). The lowest BCUT2D eigenvalue weighted by Gasteiger charge is -2.60. The molecule has 0 amide bonds. The lowest BCUT2D eigenvalue weighted by atomic mass is 9.30. The van der Waals surface area contributed by atoms with Crippen molar-refractivity contribution in [3.8, 4) is 0 Å². The van der Waals surface area contributed by atoms with E-state index in [1.165, 1.54) is 0 Å². The number of hydrogen-bond acceptors (Lipinski definition) is 3. The first-order valence-corrected chi connectivity index (χ1v) is 4.42. The summed E-state index contributed by atoms with van der Waals surface area (Å²) in [6.45, 7) is 1.80. The van der Waals surface area contributed by atoms with Crippen LogP contribution in [0.25, 0.3) is 0 Å². The predicted octanol–water partition coefficient (Wildman–Crippen LogP) is 0.363. The zero-order valence-corrected chi connectivity index (χ0v) is 7.21. The lowest BCUT2D eigenvalue weighted by molar-refractivity contribution is -0.154. The molecule has 2 N–H and O–H groups in total. The molecular weight excluding hydrogens is 155 g/mol. The average Bonchev–Trinajstić information content (AvgIpc) is 1.81. The van der Waals surface area contributed by atoms with Gasteiger partial charge in [-0.15, -0.1) is 0 Å². The van der Waals surface area contributed by atoms with E-state index >= 15 is 0 Å². The zero-order chi connectivity index (χ0) is 8.98. The van der Waals surface area contributed by atoms with E-state index in [1.807, 2.05) is 0 Å². The maximum atomic E-state index is 11.3. The van der Waals surface area contributed by atoms with Gasteiger partial charge in [-0.2, -0.15) is 0 Å². The first-order chi connectivity index (χ1) is 5.53. The van der Waals surface area contributed by atoms with Crippen molar-refractivity contribution in [1.29, 1.82) is 0 Å². The van der Waals surface area contributed by atoms with Crippen LogP contribution in [0.1, 0.15) is 32.6 Å². The van der Waals surface area contributed by atoms with Crippen molar-refractivity contribution in [2.24, 2.45) is 5.41 Å². The number of hydrogen-bond donors (Lipinski definition) is 2. The van der Waals surface area contributed by atoms with Crippen LogP contribution in [-0.2, 0) is 4.79 Å². The summed E-state index contributed by atoms with van der Waals surface area (Å²) in [5.74, 6) is 0.226. The highest BCUT2D eigenvalue weighted by atomic mass is 16.4. The molecule has 0 bridgehead atoms. The fourth-order valence-corrected chi connectivity index (χ4v) is 2.60. The molecule has 2 aliphatic carbocycles. The molecule has 1 atom stereocenters. The third-order valence-corrected chi connectivity index (χ3v) is 3.93. The van der Waals surface area contributed by atoms with Crippen molar-refractivity contribution in [2.75, 3.05) is 0 Å². The van der Waals surface area contributed by atoms with Crippen LogP contribution in [0.5, 0.6) is 0 Å². The van der Waals surface area contributed by atoms with Crippen molar-refractivity contribution in [3.05, 3.63) is 0 Å². The van der Waals surface area contributed by atoms with Crippen LogP contribution in [-0.4, -0.2) is 22.9 Å². The summed E-state index contributed by atoms with van der Waals surface area (Å²) in [6.07, 6.45) is 3.08. The van der Waals surface area contributed by atoms with Gasteiger partial charge in [0.25, 0.3) is 0 Å². The Morgan fingerprint density at radius 2 is 2.00 bits per heavy atom. The van der Waals surface area contributed by atoms with Gasteiger partial charge in [0.1, 0.15) is 5.78 Å². The summed E-state index contributed by atoms with van der Waals surface area (Å²) in [5.41, 5.74) is -0.360. The Morgan fingerprint density at radius 1 is 1.42 bits per heavy atom. The number of rotatable bonds is 1. The standard InChI is InChI=1S/C8H13BO3/c1-7(9(11)12)5-6(10)8(7)3-2-4-8/h11-12H,2-5H2,1H3. The minimum absolute atomic E-state index is 0.226. The van der Waals surface area contributed by atoms with Gasteiger partial charge in [0.2, 0.25) is 0 Å². The largest absolute Gasteiger partial charge is 0.459 e. The average molecular weight is 168 g/mol. The first-order valence-electron chi connectivity index (χ1n) is 4.42. The molecule has 0 aromatic carbocycles. The van der Waals surface area contributed by atoms with Crippen LogP contribution in [0.15, 0.2) is 0 Å². The second-order valence-corrected chi connectivity index (χ2v) is 4.33. The van der Waals surface area contributed by atoms with E-state index in [0.29, 0.717) is 6.42 Å². The fraction of sp³-hybridized carbons (Fsp3) is 0.875. The molecule has 0 radical (unpaired) electrons. The van der Waals surface area contributed by atoms with Gasteiger partial charge in [0.15, 0.2) is 0 Å². The van der Waals surface area contributed by atoms with Crippen LogP contribution in [0, 0.1) is 5.41 Å². The molecular formula is C8H13BO3. The molecule has 2 aliphatic rings. The second-order valence-electron chi connectivity index (χ2n) is 4.33. The minimum atomic E-state index is -1.34. The zero-order valence-electron chi connectivity index (χ0n) is 7.21. The minimum Gasteiger partial charge on any atom is -0.427 e. The highest BCUT2D eigenvalue weighted by Gasteiger charge is 2.69. The highest BCUT2D eigenvalue weighted by molar-refractivity contribution is 6.49. The molecule has 12 heavy (non-hydrogen) atoms. The third-order valence-electron chi connectivity index (χ3n) is 3.93. The van der Waals surface area contributed by atoms with Crippen LogP contribution in [0.3, 0.4) is 0 Å². The highest BCUT2D eigenvalue weighted by Crippen LogP contribution is 2.69. The summed E-state index contributed by atoms with van der Waals surface area (Å²) in [5, 5.41) is 17.8. The summed E-state index contributed by atoms with van der Waals surface area (Å²) in [7, 11) is -1.34. The van der Waals surface area contributed by atoms with E-state index in [1.54, 1.807) is 6.92 Å². The van der Waals surface area contributed by atoms with Gasteiger partial charge >= 0.3 is 7.12 Å². The maximum absolute atomic E-state index is 11.3. The summed E-state index contributed by atoms with van der Waals surface area (Å²) < 4.78 is 0. The van der Waals surface area contributed by atoms with Crippen molar-refractivity contribution in [2.45, 2.75) is 37.9 Å². The van der Waals surface area contributed by atoms with Gasteiger partial charge in [-0.25, -0.2) is 0 Å². The van der Waals surface area contributed by atoms with Gasteiger partial charge < -0.3 is 10.0 Å². The molecule has 0 aliphatic heterocycles. The second kappa shape index (κ2) is 2.12. The molecule has 1 spiro atoms. The summed E-state index contributed by atoms with van der Waals surface area (Å²) in [4.78, 5) is 11.3. The van der Waals surface area contributed by atoms with E-state index in [0.717, 1.165) is 19.3 Å². The lowest BCUT2D eigenvalue weighted by Crippen LogP contribution is -2.62. The number of carbonyl (C=O) groups excluding carboxylic acids is 1. The Bertz CT molecular complexity index is 234. The molecule has 0 aromatic rings. The molecule has 3 nitrogen and oxygen atoms in total. The van der Waals surface area contributed by atoms with Crippen LogP contribution >= 0.6 is 0 Å². The van der Waals surface area contributed by atoms with Crippen LogP contribution in [0.2, 0.25) is 5.31 Å². The predicted molar refractivity (Wildman–Crippen MR) is 44.5 cm³/mol. The van der Waals surface area contributed by atoms with E-state index in [9.17, 15) is 4.79 Å². The Hall–Kier alpha value is -0.345. The molecule has 2 fully saturated rings. The van der Waals surface area contributed by atoms with Gasteiger partial charge in [-0.1, -0.05) is 13.3 Å². The summed E-state index contributed by atoms with van der Waals surface area (Å²) >= 11 is 0. The topological polar surface area (TPSA) is 57.5 Å². The van der Waals surface area contributed by atoms with Crippen LogP contribution < -0.4 is 0 Å². The number of Topliss-reactive ketones (excluding diaryl/α,β-unsaturated/α-hetero) is 1. The SMILES string of the molecule is CC1(B(O)O)CC(=O)C12CCC2. The Labute approximate surface area is 71.9 Å². The maximum Gasteiger partial charge on any atom is 0.459 e. The van der Waals surface area contributed by atoms with Crippen molar-refractivity contribution < 1.29 is 14.8 Å². The van der Waals surface area contributed by atoms with Crippen molar-refractivity contribution in [3.63, 3.8) is 0 Å². The normalized spacial score (nSPS) is 37.4. The molecule has 0 heterocycles. The first kappa shape index (κ1) is 8.26. The Balaban J connectivity index is 2.25. The molecule has 0 saturated heterocycles. The van der Waals surface area contributed by atoms with Gasteiger partial charge in [-0.05, 0) is 12.8 Å². The van der Waals surface area contributed by atoms with Crippen LogP contribution in [0.4, 0.5) is 0 Å². The Morgan fingerprint density at radius 3 is 2.17 bits per heavy atom. The van der Waals surface area contributed by atoms with E-state index in [4.69, 9.17) is 10.0 Å². The van der Waals surface area contributed by atoms with Gasteiger partial charge in [-0.3, -0.25) is 4.79 Å². The molecule has 0 aromatic heterocycles. The molecule has 66 valence electrons. The quantitative estimate of drug-likeness (QED) is 0.555. The smallest absolute Gasteiger partial charge is 0.427 e. The van der Waals surface area contributed by atoms with Gasteiger partial charge in [0, 0.05) is 17.2 Å². The molecule has 1 unspecified atom stereocenters. The van der Waals surface area contributed by atoms with Crippen molar-refractivity contribution >= 4 is 12.9 Å². The van der Waals surface area contributed by atoms with E-state index in [-0.39, 0.29) is 11.2 Å². The molecule has 4 heteroatoms. The number of carbonyl (C=O) groups is 1. The Kier molecular flexibility index (Phi) is 1.46. The third kappa shape index (κ3) is 0.639. The molecule has 2 saturated carbocycles. The fourth-order valence-electron chi connectivity index (χ4n) is 2.60. The summed E-state index contributed by atoms with van der Waals surface area (Å²) in [6, 6.07) is 0. The number of ketones is 1. The monoisotopic (exact) mass is 168 g/mol. The van der Waals surface area contributed by atoms with Gasteiger partial charge in [0.05, 0.1) is 0 Å². The van der Waals surface area contributed by atoms with E-state index < -0.39 is 12.4 Å².